The molecule has 0 amide bonds. The number of rotatable bonds is 5. The SMILES string of the molecule is CNC(c1ccc2ncoc2c1)C(C)CC(=O)O. The Labute approximate surface area is 105 Å². The van der Waals surface area contributed by atoms with E-state index in [0.717, 1.165) is 16.7 Å². The molecule has 0 spiro atoms. The van der Waals surface area contributed by atoms with Crippen LogP contribution >= 0.6 is 0 Å². The van der Waals surface area contributed by atoms with E-state index in [9.17, 15) is 4.79 Å². The van der Waals surface area contributed by atoms with Crippen LogP contribution in [-0.2, 0) is 4.79 Å². The predicted octanol–water partition coefficient (Wildman–Crippen LogP) is 2.20. The van der Waals surface area contributed by atoms with Crippen molar-refractivity contribution in [3.05, 3.63) is 30.2 Å². The van der Waals surface area contributed by atoms with Gasteiger partial charge < -0.3 is 14.8 Å². The molecule has 0 fully saturated rings. The normalized spacial score (nSPS) is 14.6. The van der Waals surface area contributed by atoms with Crippen molar-refractivity contribution in [2.24, 2.45) is 5.92 Å². The maximum absolute atomic E-state index is 10.8. The van der Waals surface area contributed by atoms with Crippen LogP contribution in [-0.4, -0.2) is 23.1 Å². The first-order chi connectivity index (χ1) is 8.61. The van der Waals surface area contributed by atoms with E-state index < -0.39 is 5.97 Å². The molecule has 96 valence electrons. The Hall–Kier alpha value is -1.88. The van der Waals surface area contributed by atoms with E-state index in [0.29, 0.717) is 0 Å². The molecule has 5 heteroatoms. The number of fused-ring (bicyclic) bond motifs is 1. The van der Waals surface area contributed by atoms with Crippen LogP contribution in [0.4, 0.5) is 0 Å². The molecule has 5 nitrogen and oxygen atoms in total. The highest BCUT2D eigenvalue weighted by Crippen LogP contribution is 2.26. The number of aliphatic carboxylic acids is 1. The standard InChI is InChI=1S/C13H16N2O3/c1-8(5-12(16)17)13(14-2)9-3-4-10-11(6-9)18-7-15-10/h3-4,6-8,13-14H,5H2,1-2H3,(H,16,17). The highest BCUT2D eigenvalue weighted by atomic mass is 16.4. The lowest BCUT2D eigenvalue weighted by molar-refractivity contribution is -0.138. The first kappa shape index (κ1) is 12.6. The van der Waals surface area contributed by atoms with Gasteiger partial charge in [0, 0.05) is 12.5 Å². The lowest BCUT2D eigenvalue weighted by atomic mass is 9.92. The van der Waals surface area contributed by atoms with Crippen molar-refractivity contribution in [2.75, 3.05) is 7.05 Å². The molecule has 1 aromatic carbocycles. The molecule has 0 aliphatic rings. The molecule has 0 aliphatic carbocycles. The first-order valence-corrected chi connectivity index (χ1v) is 5.84. The molecule has 2 unspecified atom stereocenters. The Morgan fingerprint density at radius 1 is 1.56 bits per heavy atom. The number of benzene rings is 1. The minimum absolute atomic E-state index is 0.00660. The van der Waals surface area contributed by atoms with Gasteiger partial charge in [0.2, 0.25) is 0 Å². The molecule has 2 N–H and O–H groups in total. The molecular formula is C13H16N2O3. The van der Waals surface area contributed by atoms with Gasteiger partial charge in [0.25, 0.3) is 0 Å². The number of carboxylic acid groups (broad SMARTS) is 1. The number of hydrogen-bond acceptors (Lipinski definition) is 4. The van der Waals surface area contributed by atoms with E-state index in [-0.39, 0.29) is 18.4 Å². The minimum Gasteiger partial charge on any atom is -0.481 e. The summed E-state index contributed by atoms with van der Waals surface area (Å²) in [6, 6.07) is 5.72. The molecule has 2 rings (SSSR count). The maximum Gasteiger partial charge on any atom is 0.303 e. The number of aromatic nitrogens is 1. The summed E-state index contributed by atoms with van der Waals surface area (Å²) in [4.78, 5) is 14.8. The van der Waals surface area contributed by atoms with Gasteiger partial charge in [-0.25, -0.2) is 4.98 Å². The van der Waals surface area contributed by atoms with E-state index in [4.69, 9.17) is 9.52 Å². The zero-order chi connectivity index (χ0) is 13.1. The van der Waals surface area contributed by atoms with Crippen molar-refractivity contribution in [3.8, 4) is 0 Å². The van der Waals surface area contributed by atoms with E-state index in [1.165, 1.54) is 6.39 Å². The van der Waals surface area contributed by atoms with Crippen LogP contribution in [0, 0.1) is 5.92 Å². The third-order valence-electron chi connectivity index (χ3n) is 3.09. The van der Waals surface area contributed by atoms with Crippen molar-refractivity contribution in [1.82, 2.24) is 10.3 Å². The minimum atomic E-state index is -0.788. The first-order valence-electron chi connectivity index (χ1n) is 5.84. The third-order valence-corrected chi connectivity index (χ3v) is 3.09. The molecule has 0 saturated heterocycles. The van der Waals surface area contributed by atoms with E-state index in [1.54, 1.807) is 0 Å². The Morgan fingerprint density at radius 2 is 2.33 bits per heavy atom. The molecule has 18 heavy (non-hydrogen) atoms. The molecule has 2 atom stereocenters. The van der Waals surface area contributed by atoms with Crippen LogP contribution in [0.15, 0.2) is 29.0 Å². The highest BCUT2D eigenvalue weighted by molar-refractivity contribution is 5.73. The zero-order valence-electron chi connectivity index (χ0n) is 10.4. The summed E-state index contributed by atoms with van der Waals surface area (Å²) in [6.45, 7) is 1.92. The monoisotopic (exact) mass is 248 g/mol. The quantitative estimate of drug-likeness (QED) is 0.848. The fraction of sp³-hybridized carbons (Fsp3) is 0.385. The lowest BCUT2D eigenvalue weighted by Crippen LogP contribution is -2.25. The van der Waals surface area contributed by atoms with Gasteiger partial charge in [0.15, 0.2) is 12.0 Å². The van der Waals surface area contributed by atoms with Gasteiger partial charge in [-0.1, -0.05) is 13.0 Å². The topological polar surface area (TPSA) is 75.4 Å². The summed E-state index contributed by atoms with van der Waals surface area (Å²) < 4.78 is 5.26. The van der Waals surface area contributed by atoms with Crippen molar-refractivity contribution < 1.29 is 14.3 Å². The van der Waals surface area contributed by atoms with Gasteiger partial charge in [0.1, 0.15) is 5.52 Å². The lowest BCUT2D eigenvalue weighted by Gasteiger charge is -2.22. The zero-order valence-corrected chi connectivity index (χ0v) is 10.4. The number of carboxylic acids is 1. The van der Waals surface area contributed by atoms with Crippen molar-refractivity contribution in [2.45, 2.75) is 19.4 Å². The Kier molecular flexibility index (Phi) is 3.62. The summed E-state index contributed by atoms with van der Waals surface area (Å²) in [7, 11) is 1.83. The molecular weight excluding hydrogens is 232 g/mol. The largest absolute Gasteiger partial charge is 0.481 e. The number of nitrogens with zero attached hydrogens (tertiary/aromatic N) is 1. The van der Waals surface area contributed by atoms with Crippen LogP contribution in [0.25, 0.3) is 11.1 Å². The van der Waals surface area contributed by atoms with Gasteiger partial charge in [0.05, 0.1) is 0 Å². The van der Waals surface area contributed by atoms with Crippen LogP contribution in [0.1, 0.15) is 24.9 Å². The van der Waals surface area contributed by atoms with Crippen molar-refractivity contribution in [3.63, 3.8) is 0 Å². The molecule has 1 heterocycles. The molecule has 0 bridgehead atoms. The molecule has 2 aromatic rings. The average molecular weight is 248 g/mol. The van der Waals surface area contributed by atoms with Gasteiger partial charge in [-0.15, -0.1) is 0 Å². The van der Waals surface area contributed by atoms with Crippen LogP contribution in [0.5, 0.6) is 0 Å². The second-order valence-corrected chi connectivity index (χ2v) is 4.42. The number of carbonyl (C=O) groups is 1. The summed E-state index contributed by atoms with van der Waals surface area (Å²) in [5.41, 5.74) is 2.53. The van der Waals surface area contributed by atoms with Gasteiger partial charge >= 0.3 is 5.97 Å². The maximum atomic E-state index is 10.8. The second kappa shape index (κ2) is 5.18. The van der Waals surface area contributed by atoms with Crippen LogP contribution < -0.4 is 5.32 Å². The Morgan fingerprint density at radius 3 is 3.00 bits per heavy atom. The van der Waals surface area contributed by atoms with Crippen molar-refractivity contribution in [1.29, 1.82) is 0 Å². The average Bonchev–Trinajstić information content (AvgIpc) is 2.76. The summed E-state index contributed by atoms with van der Waals surface area (Å²) in [6.07, 6.45) is 1.53. The Balaban J connectivity index is 2.28. The molecule has 0 saturated carbocycles. The number of oxazole rings is 1. The second-order valence-electron chi connectivity index (χ2n) is 4.42. The van der Waals surface area contributed by atoms with Gasteiger partial charge in [-0.2, -0.15) is 0 Å². The van der Waals surface area contributed by atoms with Crippen LogP contribution in [0.3, 0.4) is 0 Å². The van der Waals surface area contributed by atoms with E-state index in [1.807, 2.05) is 32.2 Å². The van der Waals surface area contributed by atoms with Crippen molar-refractivity contribution >= 4 is 17.1 Å². The predicted molar refractivity (Wildman–Crippen MR) is 67.2 cm³/mol. The molecule has 0 aliphatic heterocycles. The summed E-state index contributed by atoms with van der Waals surface area (Å²) in [5.74, 6) is -0.795. The highest BCUT2D eigenvalue weighted by Gasteiger charge is 2.20. The van der Waals surface area contributed by atoms with E-state index >= 15 is 0 Å². The van der Waals surface area contributed by atoms with Gasteiger partial charge in [-0.05, 0) is 30.7 Å². The van der Waals surface area contributed by atoms with Crippen LogP contribution in [0.2, 0.25) is 0 Å². The smallest absolute Gasteiger partial charge is 0.303 e. The summed E-state index contributed by atoms with van der Waals surface area (Å²) in [5, 5.41) is 12.0. The van der Waals surface area contributed by atoms with E-state index in [2.05, 4.69) is 10.3 Å². The molecule has 1 aromatic heterocycles. The molecule has 0 radical (unpaired) electrons. The fourth-order valence-corrected chi connectivity index (χ4v) is 2.24. The third kappa shape index (κ3) is 2.51. The fourth-order valence-electron chi connectivity index (χ4n) is 2.24. The number of hydrogen-bond donors (Lipinski definition) is 2. The van der Waals surface area contributed by atoms with Gasteiger partial charge in [-0.3, -0.25) is 4.79 Å². The summed E-state index contributed by atoms with van der Waals surface area (Å²) >= 11 is 0. The number of nitrogens with one attached hydrogen (secondary N) is 1. The Bertz CT molecular complexity index is 550.